The predicted octanol–water partition coefficient (Wildman–Crippen LogP) is 3.61. The zero-order valence-corrected chi connectivity index (χ0v) is 12.1. The van der Waals surface area contributed by atoms with Crippen LogP contribution in [0, 0.1) is 11.2 Å². The van der Waals surface area contributed by atoms with Crippen molar-refractivity contribution < 1.29 is 19.0 Å². The number of carbonyl (C=O) groups is 1. The largest absolute Gasteiger partial charge is 0.496 e. The molecule has 1 aromatic rings. The molecule has 0 fully saturated rings. The number of methoxy groups -OCH3 is 1. The molecule has 0 atom stereocenters. The first kappa shape index (κ1) is 15.5. The maximum absolute atomic E-state index is 13.6. The van der Waals surface area contributed by atoms with Gasteiger partial charge in [-0.3, -0.25) is 4.79 Å². The van der Waals surface area contributed by atoms with E-state index in [2.05, 4.69) is 0 Å². The minimum Gasteiger partial charge on any atom is -0.496 e. The van der Waals surface area contributed by atoms with Crippen LogP contribution in [-0.2, 0) is 11.2 Å². The molecule has 0 unspecified atom stereocenters. The summed E-state index contributed by atoms with van der Waals surface area (Å²) in [5.74, 6) is -0.691. The number of benzene rings is 1. The van der Waals surface area contributed by atoms with Gasteiger partial charge in [0, 0.05) is 11.6 Å². The van der Waals surface area contributed by atoms with Crippen molar-refractivity contribution in [3.63, 3.8) is 0 Å². The second-order valence-corrected chi connectivity index (χ2v) is 5.70. The summed E-state index contributed by atoms with van der Waals surface area (Å²) in [6, 6.07) is 2.75. The van der Waals surface area contributed by atoms with Crippen LogP contribution in [0.3, 0.4) is 0 Å². The Bertz CT molecular complexity index is 479. The normalized spacial score (nSPS) is 11.7. The lowest BCUT2D eigenvalue weighted by Gasteiger charge is -2.23. The summed E-state index contributed by atoms with van der Waals surface area (Å²) in [6.07, 6.45) is 0.268. The second-order valence-electron chi connectivity index (χ2n) is 5.70. The van der Waals surface area contributed by atoms with Crippen LogP contribution in [0.25, 0.3) is 0 Å². The van der Waals surface area contributed by atoms with Crippen LogP contribution in [0.2, 0.25) is 0 Å². The minimum atomic E-state index is -0.942. The molecule has 3 nitrogen and oxygen atoms in total. The molecule has 0 heterocycles. The van der Waals surface area contributed by atoms with Crippen molar-refractivity contribution in [2.24, 2.45) is 5.41 Å². The van der Waals surface area contributed by atoms with E-state index in [1.807, 2.05) is 13.8 Å². The van der Waals surface area contributed by atoms with Crippen LogP contribution in [-0.4, -0.2) is 18.2 Å². The second kappa shape index (κ2) is 5.59. The van der Waals surface area contributed by atoms with Gasteiger partial charge in [0.25, 0.3) is 0 Å². The lowest BCUT2D eigenvalue weighted by Crippen LogP contribution is -2.27. The van der Waals surface area contributed by atoms with Crippen molar-refractivity contribution in [3.05, 3.63) is 29.1 Å². The molecule has 0 radical (unpaired) electrons. The van der Waals surface area contributed by atoms with Crippen LogP contribution >= 0.6 is 0 Å². The Labute approximate surface area is 113 Å². The zero-order valence-electron chi connectivity index (χ0n) is 12.1. The molecule has 19 heavy (non-hydrogen) atoms. The van der Waals surface area contributed by atoms with Crippen molar-refractivity contribution in [1.29, 1.82) is 0 Å². The first-order chi connectivity index (χ1) is 8.69. The Morgan fingerprint density at radius 2 is 2.00 bits per heavy atom. The van der Waals surface area contributed by atoms with Crippen LogP contribution in [0.5, 0.6) is 5.75 Å². The summed E-state index contributed by atoms with van der Waals surface area (Å²) in [5, 5.41) is 9.20. The number of carboxylic acids is 1. The topological polar surface area (TPSA) is 46.5 Å². The monoisotopic (exact) mass is 268 g/mol. The highest BCUT2D eigenvalue weighted by molar-refractivity contribution is 5.74. The molecular formula is C15H21FO3. The summed E-state index contributed by atoms with van der Waals surface area (Å²) >= 11 is 0. The van der Waals surface area contributed by atoms with Crippen molar-refractivity contribution >= 4 is 5.97 Å². The fraction of sp³-hybridized carbons (Fsp3) is 0.533. The van der Waals surface area contributed by atoms with Crippen LogP contribution in [0.15, 0.2) is 12.1 Å². The van der Waals surface area contributed by atoms with Crippen LogP contribution in [0.1, 0.15) is 44.7 Å². The molecule has 1 rings (SSSR count). The zero-order chi connectivity index (χ0) is 14.8. The molecule has 0 amide bonds. The summed E-state index contributed by atoms with van der Waals surface area (Å²) in [4.78, 5) is 11.2. The number of halogens is 1. The third kappa shape index (κ3) is 3.46. The van der Waals surface area contributed by atoms with Gasteiger partial charge in [0.05, 0.1) is 12.5 Å². The minimum absolute atomic E-state index is 0.134. The summed E-state index contributed by atoms with van der Waals surface area (Å²) in [5.41, 5.74) is 0.625. The number of carboxylic acid groups (broad SMARTS) is 1. The van der Waals surface area contributed by atoms with Crippen LogP contribution in [0.4, 0.5) is 4.39 Å². The number of hydrogen-bond donors (Lipinski definition) is 1. The first-order valence-corrected chi connectivity index (χ1v) is 6.28. The number of aliphatic carboxylic acids is 1. The van der Waals surface area contributed by atoms with Gasteiger partial charge in [-0.2, -0.15) is 0 Å². The van der Waals surface area contributed by atoms with Gasteiger partial charge in [-0.15, -0.1) is 0 Å². The van der Waals surface area contributed by atoms with E-state index >= 15 is 0 Å². The molecule has 0 spiro atoms. The third-order valence-corrected chi connectivity index (χ3v) is 3.20. The van der Waals surface area contributed by atoms with Gasteiger partial charge in [0.1, 0.15) is 11.6 Å². The molecule has 0 aliphatic heterocycles. The fourth-order valence-electron chi connectivity index (χ4n) is 2.17. The average Bonchev–Trinajstić information content (AvgIpc) is 2.26. The van der Waals surface area contributed by atoms with E-state index in [9.17, 15) is 14.3 Å². The molecule has 0 aliphatic rings. The van der Waals surface area contributed by atoms with Gasteiger partial charge in [-0.1, -0.05) is 13.8 Å². The van der Waals surface area contributed by atoms with Crippen LogP contribution < -0.4 is 4.74 Å². The highest BCUT2D eigenvalue weighted by Gasteiger charge is 2.29. The molecule has 0 saturated carbocycles. The van der Waals surface area contributed by atoms with E-state index in [1.54, 1.807) is 13.8 Å². The predicted molar refractivity (Wildman–Crippen MR) is 72.2 cm³/mol. The van der Waals surface area contributed by atoms with E-state index < -0.39 is 17.2 Å². The summed E-state index contributed by atoms with van der Waals surface area (Å²) < 4.78 is 18.8. The number of hydrogen-bond acceptors (Lipinski definition) is 2. The molecule has 4 heteroatoms. The average molecular weight is 268 g/mol. The molecule has 106 valence electrons. The summed E-state index contributed by atoms with van der Waals surface area (Å²) in [7, 11) is 1.49. The number of ether oxygens (including phenoxy) is 1. The van der Waals surface area contributed by atoms with Gasteiger partial charge in [0.2, 0.25) is 0 Å². The maximum atomic E-state index is 13.6. The standard InChI is InChI=1S/C15H21FO3/c1-9(2)13-10(8-15(3,4)14(17)18)6-11(16)7-12(13)19-5/h6-7,9H,8H2,1-5H3,(H,17,18). The SMILES string of the molecule is COc1cc(F)cc(CC(C)(C)C(=O)O)c1C(C)C. The van der Waals surface area contributed by atoms with Gasteiger partial charge < -0.3 is 9.84 Å². The highest BCUT2D eigenvalue weighted by atomic mass is 19.1. The van der Waals surface area contributed by atoms with Gasteiger partial charge >= 0.3 is 5.97 Å². The van der Waals surface area contributed by atoms with Gasteiger partial charge in [-0.05, 0) is 37.8 Å². The Morgan fingerprint density at radius 3 is 2.42 bits per heavy atom. The quantitative estimate of drug-likeness (QED) is 0.887. The fourth-order valence-corrected chi connectivity index (χ4v) is 2.17. The molecule has 0 saturated heterocycles. The van der Waals surface area contributed by atoms with E-state index in [-0.39, 0.29) is 12.3 Å². The Balaban J connectivity index is 3.33. The van der Waals surface area contributed by atoms with Gasteiger partial charge in [-0.25, -0.2) is 4.39 Å². The molecule has 0 aromatic heterocycles. The van der Waals surface area contributed by atoms with E-state index in [0.29, 0.717) is 11.3 Å². The molecule has 1 N–H and O–H groups in total. The van der Waals surface area contributed by atoms with Gasteiger partial charge in [0.15, 0.2) is 0 Å². The van der Waals surface area contributed by atoms with E-state index in [0.717, 1.165) is 5.56 Å². The smallest absolute Gasteiger partial charge is 0.309 e. The Morgan fingerprint density at radius 1 is 1.42 bits per heavy atom. The first-order valence-electron chi connectivity index (χ1n) is 6.28. The summed E-state index contributed by atoms with van der Waals surface area (Å²) in [6.45, 7) is 7.23. The van der Waals surface area contributed by atoms with E-state index in [1.165, 1.54) is 19.2 Å². The lowest BCUT2D eigenvalue weighted by atomic mass is 9.82. The Kier molecular flexibility index (Phi) is 4.56. The molecule has 1 aromatic carbocycles. The van der Waals surface area contributed by atoms with E-state index in [4.69, 9.17) is 4.74 Å². The van der Waals surface area contributed by atoms with Crippen molar-refractivity contribution in [3.8, 4) is 5.75 Å². The lowest BCUT2D eigenvalue weighted by molar-refractivity contribution is -0.146. The maximum Gasteiger partial charge on any atom is 0.309 e. The van der Waals surface area contributed by atoms with Crippen molar-refractivity contribution in [2.45, 2.75) is 40.0 Å². The molecular weight excluding hydrogens is 247 g/mol. The Hall–Kier alpha value is -1.58. The van der Waals surface area contributed by atoms with Crippen molar-refractivity contribution in [1.82, 2.24) is 0 Å². The van der Waals surface area contributed by atoms with Crippen molar-refractivity contribution in [2.75, 3.05) is 7.11 Å². The number of rotatable bonds is 5. The third-order valence-electron chi connectivity index (χ3n) is 3.20. The molecule has 0 aliphatic carbocycles. The highest BCUT2D eigenvalue weighted by Crippen LogP contribution is 2.34. The molecule has 0 bridgehead atoms.